The summed E-state index contributed by atoms with van der Waals surface area (Å²) in [5, 5.41) is 8.39. The van der Waals surface area contributed by atoms with Crippen molar-refractivity contribution in [1.82, 2.24) is 15.1 Å². The Kier molecular flexibility index (Phi) is 6.49. The Hall–Kier alpha value is -2.35. The van der Waals surface area contributed by atoms with Crippen LogP contribution in [-0.2, 0) is 14.3 Å². The van der Waals surface area contributed by atoms with Crippen molar-refractivity contribution in [3.63, 3.8) is 0 Å². The topological polar surface area (TPSA) is 85.5 Å². The second-order valence-corrected chi connectivity index (χ2v) is 7.31. The zero-order valence-electron chi connectivity index (χ0n) is 15.5. The molecule has 0 aliphatic carbocycles. The van der Waals surface area contributed by atoms with Gasteiger partial charge < -0.3 is 14.1 Å². The van der Waals surface area contributed by atoms with Gasteiger partial charge in [0.25, 0.3) is 5.22 Å². The summed E-state index contributed by atoms with van der Waals surface area (Å²) in [6.07, 6.45) is 2.46. The lowest BCUT2D eigenvalue weighted by Crippen LogP contribution is -2.49. The van der Waals surface area contributed by atoms with E-state index in [1.807, 2.05) is 31.2 Å². The molecule has 0 bridgehead atoms. The third kappa shape index (κ3) is 4.88. The number of aryl methyl sites for hydroxylation is 1. The van der Waals surface area contributed by atoms with Gasteiger partial charge in [-0.2, -0.15) is 0 Å². The molecule has 1 aliphatic heterocycles. The van der Waals surface area contributed by atoms with Gasteiger partial charge in [-0.1, -0.05) is 29.5 Å². The molecule has 27 heavy (non-hydrogen) atoms. The van der Waals surface area contributed by atoms with Gasteiger partial charge in [-0.3, -0.25) is 4.79 Å². The molecule has 7 nitrogen and oxygen atoms in total. The van der Waals surface area contributed by atoms with Crippen LogP contribution in [0.3, 0.4) is 0 Å². The van der Waals surface area contributed by atoms with Crippen molar-refractivity contribution in [2.45, 2.75) is 44.4 Å². The zero-order valence-corrected chi connectivity index (χ0v) is 16.3. The van der Waals surface area contributed by atoms with Gasteiger partial charge in [0.15, 0.2) is 0 Å². The number of likely N-dealkylation sites (tertiary alicyclic amines) is 1. The van der Waals surface area contributed by atoms with Crippen molar-refractivity contribution in [3.05, 3.63) is 29.8 Å². The number of thioether (sulfide) groups is 1. The van der Waals surface area contributed by atoms with Crippen LogP contribution < -0.4 is 0 Å². The number of ether oxygens (including phenoxy) is 1. The molecule has 1 amide bonds. The number of nitrogens with zero attached hydrogens (tertiary/aromatic N) is 3. The molecule has 1 aromatic heterocycles. The number of esters is 1. The molecule has 0 spiro atoms. The van der Waals surface area contributed by atoms with E-state index in [-0.39, 0.29) is 17.6 Å². The van der Waals surface area contributed by atoms with Crippen molar-refractivity contribution in [2.75, 3.05) is 18.9 Å². The Balaban J connectivity index is 1.61. The lowest BCUT2D eigenvalue weighted by molar-refractivity contribution is -0.155. The molecule has 2 heterocycles. The van der Waals surface area contributed by atoms with E-state index in [2.05, 4.69) is 10.2 Å². The molecule has 1 fully saturated rings. The largest absolute Gasteiger partial charge is 0.464 e. The van der Waals surface area contributed by atoms with Gasteiger partial charge in [0, 0.05) is 12.1 Å². The number of benzene rings is 1. The van der Waals surface area contributed by atoms with E-state index in [1.165, 1.54) is 11.8 Å². The van der Waals surface area contributed by atoms with Gasteiger partial charge in [-0.05, 0) is 45.2 Å². The third-order valence-corrected chi connectivity index (χ3v) is 5.18. The predicted molar refractivity (Wildman–Crippen MR) is 101 cm³/mol. The fourth-order valence-corrected chi connectivity index (χ4v) is 3.73. The highest BCUT2D eigenvalue weighted by molar-refractivity contribution is 7.99. The summed E-state index contributed by atoms with van der Waals surface area (Å²) >= 11 is 1.19. The quantitative estimate of drug-likeness (QED) is 0.554. The standard InChI is InChI=1S/C19H23N3O4S/c1-3-25-18(24)15-9-4-5-10-22(15)16(23)12-27-19-21-20-17(26-19)14-8-6-7-13(2)11-14/h6-8,11,15H,3-5,9-10,12H2,1-2H3/t15-/m1/s1. The van der Waals surface area contributed by atoms with E-state index >= 15 is 0 Å². The number of amides is 1. The van der Waals surface area contributed by atoms with Gasteiger partial charge in [-0.25, -0.2) is 4.79 Å². The first-order valence-electron chi connectivity index (χ1n) is 9.08. The molecule has 0 saturated carbocycles. The van der Waals surface area contributed by atoms with Crippen molar-refractivity contribution < 1.29 is 18.7 Å². The molecule has 1 aliphatic rings. The first-order chi connectivity index (χ1) is 13.1. The van der Waals surface area contributed by atoms with E-state index in [9.17, 15) is 9.59 Å². The Morgan fingerprint density at radius 1 is 1.33 bits per heavy atom. The van der Waals surface area contributed by atoms with Crippen molar-refractivity contribution in [2.24, 2.45) is 0 Å². The summed E-state index contributed by atoms with van der Waals surface area (Å²) in [6.45, 7) is 4.65. The molecule has 1 aromatic carbocycles. The summed E-state index contributed by atoms with van der Waals surface area (Å²) in [6, 6.07) is 7.30. The lowest BCUT2D eigenvalue weighted by atomic mass is 10.0. The summed E-state index contributed by atoms with van der Waals surface area (Å²) in [7, 11) is 0. The highest BCUT2D eigenvalue weighted by Crippen LogP contribution is 2.25. The third-order valence-electron chi connectivity index (χ3n) is 4.37. The molecular formula is C19H23N3O4S. The van der Waals surface area contributed by atoms with E-state index in [1.54, 1.807) is 11.8 Å². The van der Waals surface area contributed by atoms with Crippen molar-refractivity contribution in [1.29, 1.82) is 0 Å². The second-order valence-electron chi connectivity index (χ2n) is 6.38. The van der Waals surface area contributed by atoms with E-state index in [4.69, 9.17) is 9.15 Å². The Labute approximate surface area is 162 Å². The smallest absolute Gasteiger partial charge is 0.328 e. The molecule has 0 radical (unpaired) electrons. The van der Waals surface area contributed by atoms with Crippen molar-refractivity contribution in [3.8, 4) is 11.5 Å². The second kappa shape index (κ2) is 9.03. The Morgan fingerprint density at radius 3 is 2.96 bits per heavy atom. The maximum atomic E-state index is 12.6. The van der Waals surface area contributed by atoms with Crippen LogP contribution in [0.15, 0.2) is 33.9 Å². The molecule has 3 rings (SSSR count). The zero-order chi connectivity index (χ0) is 19.2. The van der Waals surface area contributed by atoms with Gasteiger partial charge >= 0.3 is 5.97 Å². The summed E-state index contributed by atoms with van der Waals surface area (Å²) in [4.78, 5) is 26.3. The van der Waals surface area contributed by atoms with Crippen LogP contribution in [0.25, 0.3) is 11.5 Å². The summed E-state index contributed by atoms with van der Waals surface area (Å²) in [5.74, 6) is 0.130. The minimum Gasteiger partial charge on any atom is -0.464 e. The number of aromatic nitrogens is 2. The van der Waals surface area contributed by atoms with E-state index in [0.717, 1.165) is 24.0 Å². The number of carbonyl (C=O) groups excluding carboxylic acids is 2. The minimum absolute atomic E-state index is 0.118. The average molecular weight is 389 g/mol. The van der Waals surface area contributed by atoms with E-state index < -0.39 is 6.04 Å². The Bertz CT molecular complexity index is 808. The lowest BCUT2D eigenvalue weighted by Gasteiger charge is -2.33. The molecule has 0 unspecified atom stereocenters. The van der Waals surface area contributed by atoms with Gasteiger partial charge in [0.05, 0.1) is 12.4 Å². The number of rotatable bonds is 6. The number of piperidine rings is 1. The first-order valence-corrected chi connectivity index (χ1v) is 10.1. The van der Waals surface area contributed by atoms with Crippen LogP contribution in [0.1, 0.15) is 31.7 Å². The normalized spacial score (nSPS) is 17.0. The molecule has 8 heteroatoms. The molecule has 2 aromatic rings. The maximum Gasteiger partial charge on any atom is 0.328 e. The molecule has 1 saturated heterocycles. The highest BCUT2D eigenvalue weighted by atomic mass is 32.2. The van der Waals surface area contributed by atoms with Gasteiger partial charge in [-0.15, -0.1) is 10.2 Å². The number of hydrogen-bond acceptors (Lipinski definition) is 7. The number of hydrogen-bond donors (Lipinski definition) is 0. The summed E-state index contributed by atoms with van der Waals surface area (Å²) in [5.41, 5.74) is 1.95. The SMILES string of the molecule is CCOC(=O)[C@H]1CCCCN1C(=O)CSc1nnc(-c2cccc(C)c2)o1. The van der Waals surface area contributed by atoms with Gasteiger partial charge in [0.1, 0.15) is 6.04 Å². The minimum atomic E-state index is -0.489. The van der Waals surface area contributed by atoms with Crippen LogP contribution in [-0.4, -0.2) is 51.9 Å². The maximum absolute atomic E-state index is 12.6. The summed E-state index contributed by atoms with van der Waals surface area (Å²) < 4.78 is 10.8. The van der Waals surface area contributed by atoms with Crippen LogP contribution in [0.2, 0.25) is 0 Å². The van der Waals surface area contributed by atoms with Crippen LogP contribution >= 0.6 is 11.8 Å². The number of carbonyl (C=O) groups is 2. The molecule has 144 valence electrons. The van der Waals surface area contributed by atoms with Crippen molar-refractivity contribution >= 4 is 23.6 Å². The van der Waals surface area contributed by atoms with E-state index in [0.29, 0.717) is 30.7 Å². The highest BCUT2D eigenvalue weighted by Gasteiger charge is 2.33. The van der Waals surface area contributed by atoms with Gasteiger partial charge in [0.2, 0.25) is 11.8 Å². The average Bonchev–Trinajstić information content (AvgIpc) is 3.15. The fraction of sp³-hybridized carbons (Fsp3) is 0.474. The monoisotopic (exact) mass is 389 g/mol. The first kappa shape index (κ1) is 19.4. The molecule has 1 atom stereocenters. The fourth-order valence-electron chi connectivity index (χ4n) is 3.08. The van der Waals surface area contributed by atoms with Crippen LogP contribution in [0.5, 0.6) is 0 Å². The molecule has 0 N–H and O–H groups in total. The molecular weight excluding hydrogens is 366 g/mol. The Morgan fingerprint density at radius 2 is 2.19 bits per heavy atom. The van der Waals surface area contributed by atoms with Crippen LogP contribution in [0, 0.1) is 6.92 Å². The predicted octanol–water partition coefficient (Wildman–Crippen LogP) is 3.08. The van der Waals surface area contributed by atoms with Crippen LogP contribution in [0.4, 0.5) is 0 Å².